The second-order valence-corrected chi connectivity index (χ2v) is 13.3. The van der Waals surface area contributed by atoms with E-state index >= 15 is 0 Å². The van der Waals surface area contributed by atoms with Crippen LogP contribution in [0.3, 0.4) is 0 Å². The van der Waals surface area contributed by atoms with Gasteiger partial charge in [-0.05, 0) is 0 Å². The van der Waals surface area contributed by atoms with Gasteiger partial charge in [0.1, 0.15) is 36.6 Å². The molecule has 2 aliphatic heterocycles. The average molecular weight is 746 g/mol. The van der Waals surface area contributed by atoms with Gasteiger partial charge in [-0.2, -0.15) is 8.62 Å². The van der Waals surface area contributed by atoms with Gasteiger partial charge in [0.05, 0.1) is 13.2 Å². The highest BCUT2D eigenvalue weighted by atomic mass is 31.3. The van der Waals surface area contributed by atoms with E-state index in [1.807, 2.05) is 9.97 Å². The lowest BCUT2D eigenvalue weighted by molar-refractivity contribution is -0.0550. The molecule has 26 nitrogen and oxygen atoms in total. The van der Waals surface area contributed by atoms with E-state index in [-0.39, 0.29) is 0 Å². The van der Waals surface area contributed by atoms with Crippen LogP contribution in [0.4, 0.5) is 0 Å². The van der Waals surface area contributed by atoms with Gasteiger partial charge in [-0.1, -0.05) is 0 Å². The van der Waals surface area contributed by atoms with Crippen molar-refractivity contribution in [3.8, 4) is 0 Å². The predicted molar refractivity (Wildman–Crippen MR) is 145 cm³/mol. The normalized spacial score (nSPS) is 27.8. The zero-order valence-electron chi connectivity index (χ0n) is 23.0. The SMILES string of the molecule is O=P(O)(O)OP(=O)(O)OP(=O)(O)O.O=c1ccn([C@@H]2O[C@H](CO)[C@@H](O)[C@H]2O)c(=O)[nH]1.O=c1ccn([C@@H]2O[C@H](CO)[C@@H](O)[C@H]2O)c(=O)[nH]1. The third-order valence-corrected chi connectivity index (χ3v) is 9.06. The van der Waals surface area contributed by atoms with Crippen LogP contribution in [0, 0.1) is 0 Å². The van der Waals surface area contributed by atoms with E-state index in [9.17, 15) is 53.3 Å². The number of phosphoric acid groups is 3. The number of aromatic amines is 2. The molecule has 29 heteroatoms. The largest absolute Gasteiger partial charge is 0.490 e. The number of hydrogen-bond donors (Lipinski definition) is 13. The van der Waals surface area contributed by atoms with Gasteiger partial charge >= 0.3 is 34.8 Å². The lowest BCUT2D eigenvalue weighted by atomic mass is 10.1. The number of hydrogen-bond acceptors (Lipinski definition) is 17. The van der Waals surface area contributed by atoms with Crippen molar-refractivity contribution in [2.24, 2.45) is 0 Å². The maximum atomic E-state index is 11.4. The van der Waals surface area contributed by atoms with Gasteiger partial charge in [-0.25, -0.2) is 23.3 Å². The maximum absolute atomic E-state index is 11.4. The van der Waals surface area contributed by atoms with Crippen molar-refractivity contribution in [3.63, 3.8) is 0 Å². The molecule has 0 aromatic carbocycles. The Labute approximate surface area is 258 Å². The lowest BCUT2D eigenvalue weighted by Crippen LogP contribution is -2.37. The first-order chi connectivity index (χ1) is 21.5. The third kappa shape index (κ3) is 11.8. The monoisotopic (exact) mass is 746 g/mol. The predicted octanol–water partition coefficient (Wildman–Crippen LogP) is -6.40. The zero-order chi connectivity index (χ0) is 36.1. The minimum atomic E-state index is -5.46. The molecule has 0 amide bonds. The summed E-state index contributed by atoms with van der Waals surface area (Å²) in [6, 6.07) is 2.19. The molecule has 0 spiro atoms. The number of rotatable bonds is 8. The van der Waals surface area contributed by atoms with Crippen molar-refractivity contribution >= 4 is 23.5 Å². The number of nitrogens with one attached hydrogen (secondary N) is 2. The lowest BCUT2D eigenvalue weighted by Gasteiger charge is -2.16. The summed E-state index contributed by atoms with van der Waals surface area (Å²) in [6.45, 7) is -0.959. The summed E-state index contributed by atoms with van der Waals surface area (Å²) in [5.74, 6) is 0. The molecule has 4 rings (SSSR count). The van der Waals surface area contributed by atoms with Crippen molar-refractivity contribution in [1.82, 2.24) is 19.1 Å². The summed E-state index contributed by atoms with van der Waals surface area (Å²) in [5.41, 5.74) is -2.66. The Morgan fingerprint density at radius 1 is 0.638 bits per heavy atom. The van der Waals surface area contributed by atoms with Crippen molar-refractivity contribution in [1.29, 1.82) is 0 Å². The van der Waals surface area contributed by atoms with Gasteiger partial charge in [0.2, 0.25) is 0 Å². The zero-order valence-corrected chi connectivity index (χ0v) is 25.7. The fourth-order valence-corrected chi connectivity index (χ4v) is 6.30. The van der Waals surface area contributed by atoms with Crippen molar-refractivity contribution < 1.29 is 86.9 Å². The van der Waals surface area contributed by atoms with Gasteiger partial charge in [0.15, 0.2) is 12.5 Å². The van der Waals surface area contributed by atoms with Crippen LogP contribution in [-0.2, 0) is 31.8 Å². The van der Waals surface area contributed by atoms with Crippen LogP contribution in [-0.4, -0.2) is 124 Å². The van der Waals surface area contributed by atoms with E-state index in [1.54, 1.807) is 0 Å². The van der Waals surface area contributed by atoms with Gasteiger partial charge in [0.25, 0.3) is 11.1 Å². The molecule has 2 aromatic heterocycles. The van der Waals surface area contributed by atoms with E-state index < -0.39 is 108 Å². The van der Waals surface area contributed by atoms with Crippen LogP contribution in [0.1, 0.15) is 12.5 Å². The highest BCUT2D eigenvalue weighted by Crippen LogP contribution is 2.64. The molecule has 2 aliphatic rings. The van der Waals surface area contributed by atoms with E-state index in [0.29, 0.717) is 0 Å². The summed E-state index contributed by atoms with van der Waals surface area (Å²) in [5, 5.41) is 56.1. The molecule has 0 bridgehead atoms. The minimum absolute atomic E-state index is 0.479. The Morgan fingerprint density at radius 3 is 1.19 bits per heavy atom. The molecule has 8 atom stereocenters. The molecule has 0 saturated carbocycles. The molecule has 4 heterocycles. The summed E-state index contributed by atoms with van der Waals surface area (Å²) in [4.78, 5) is 88.8. The summed E-state index contributed by atoms with van der Waals surface area (Å²) in [7, 11) is -16.2. The van der Waals surface area contributed by atoms with Gasteiger partial charge in [-0.3, -0.25) is 28.7 Å². The maximum Gasteiger partial charge on any atom is 0.490 e. The first kappa shape index (κ1) is 40.6. The van der Waals surface area contributed by atoms with E-state index in [4.69, 9.17) is 44.2 Å². The number of aromatic nitrogens is 4. The smallest absolute Gasteiger partial charge is 0.394 e. The van der Waals surface area contributed by atoms with Crippen LogP contribution in [0.25, 0.3) is 0 Å². The second-order valence-electron chi connectivity index (χ2n) is 9.11. The molecule has 0 radical (unpaired) electrons. The molecule has 13 N–H and O–H groups in total. The van der Waals surface area contributed by atoms with E-state index in [0.717, 1.165) is 33.7 Å². The Hall–Kier alpha value is -2.55. The standard InChI is InChI=1S/2C9H12N2O6.H5O10P3/c2*12-3-4-6(14)7(15)8(17-4)11-2-1-5(13)10-9(11)16;1-11(2,3)9-13(7,8)10-12(4,5)6/h2*1-2,4,6-8,12,14-15H,3H2,(H,10,13,16);(H,7,8)(H2,1,2,3)(H2,4,5,6)/t2*4-,6-,7-,8-;/m11./s1. The average Bonchev–Trinajstić information content (AvgIpc) is 3.36. The van der Waals surface area contributed by atoms with E-state index in [2.05, 4.69) is 8.62 Å². The van der Waals surface area contributed by atoms with E-state index in [1.165, 1.54) is 0 Å². The van der Waals surface area contributed by atoms with Crippen LogP contribution in [0.15, 0.2) is 43.7 Å². The molecule has 0 aliphatic carbocycles. The highest BCUT2D eigenvalue weighted by molar-refractivity contribution is 7.66. The first-order valence-electron chi connectivity index (χ1n) is 12.2. The molecular weight excluding hydrogens is 717 g/mol. The van der Waals surface area contributed by atoms with Crippen molar-refractivity contribution in [2.45, 2.75) is 49.1 Å². The Kier molecular flexibility index (Phi) is 14.0. The van der Waals surface area contributed by atoms with Crippen LogP contribution in [0.5, 0.6) is 0 Å². The molecule has 2 fully saturated rings. The highest BCUT2D eigenvalue weighted by Gasteiger charge is 2.44. The van der Waals surface area contributed by atoms with Crippen molar-refractivity contribution in [2.75, 3.05) is 13.2 Å². The fourth-order valence-electron chi connectivity index (χ4n) is 3.76. The Balaban J connectivity index is 0.000000248. The van der Waals surface area contributed by atoms with Crippen LogP contribution < -0.4 is 22.5 Å². The van der Waals surface area contributed by atoms with Gasteiger partial charge in [-0.15, -0.1) is 0 Å². The second kappa shape index (κ2) is 16.2. The molecular formula is C18H29N4O22P3. The fraction of sp³-hybridized carbons (Fsp3) is 0.556. The topological polar surface area (TPSA) is 420 Å². The summed E-state index contributed by atoms with van der Waals surface area (Å²) < 4.78 is 48.5. The number of H-pyrrole nitrogens is 2. The molecule has 2 saturated heterocycles. The first-order valence-corrected chi connectivity index (χ1v) is 16.8. The minimum Gasteiger partial charge on any atom is -0.394 e. The van der Waals surface area contributed by atoms with Gasteiger partial charge < -0.3 is 64.6 Å². The summed E-state index contributed by atoms with van der Waals surface area (Å²) in [6.07, 6.45) is -7.16. The Morgan fingerprint density at radius 2 is 0.957 bits per heavy atom. The molecule has 47 heavy (non-hydrogen) atoms. The van der Waals surface area contributed by atoms with Crippen molar-refractivity contribution in [3.05, 3.63) is 66.2 Å². The third-order valence-electron chi connectivity index (χ3n) is 5.70. The van der Waals surface area contributed by atoms with Crippen LogP contribution in [0.2, 0.25) is 0 Å². The number of aliphatic hydroxyl groups is 6. The van der Waals surface area contributed by atoms with Crippen LogP contribution >= 0.6 is 23.5 Å². The van der Waals surface area contributed by atoms with Gasteiger partial charge in [0, 0.05) is 24.5 Å². The molecule has 268 valence electrons. The quantitative estimate of drug-likeness (QED) is 0.112. The number of nitrogens with zero attached hydrogens (tertiary/aromatic N) is 2. The number of ether oxygens (including phenoxy) is 2. The summed E-state index contributed by atoms with van der Waals surface area (Å²) >= 11 is 0. The number of aliphatic hydroxyl groups excluding tert-OH is 6. The molecule has 2 aromatic rings. The Bertz CT molecular complexity index is 1610. The molecule has 0 unspecified atom stereocenters.